The minimum Gasteiger partial charge on any atom is -0.458 e. The number of carbonyl (C=O) groups is 2. The molecule has 1 aliphatic heterocycles. The Hall–Kier alpha value is -1.83. The van der Waals surface area contributed by atoms with Crippen molar-refractivity contribution in [3.8, 4) is 0 Å². The zero-order chi connectivity index (χ0) is 25.1. The Morgan fingerprint density at radius 3 is 2.53 bits per heavy atom. The van der Waals surface area contributed by atoms with Gasteiger partial charge >= 0.3 is 17.7 Å². The lowest BCUT2D eigenvalue weighted by Crippen LogP contribution is -2.43. The molecule has 1 saturated carbocycles. The van der Waals surface area contributed by atoms with Crippen molar-refractivity contribution < 1.29 is 33.5 Å². The lowest BCUT2D eigenvalue weighted by atomic mass is 9.75. The van der Waals surface area contributed by atoms with Crippen LogP contribution in [-0.4, -0.2) is 48.2 Å². The molecule has 2 fully saturated rings. The van der Waals surface area contributed by atoms with Crippen LogP contribution in [0.1, 0.15) is 98.8 Å². The van der Waals surface area contributed by atoms with Crippen LogP contribution < -0.4 is 0 Å². The summed E-state index contributed by atoms with van der Waals surface area (Å²) >= 11 is 0. The van der Waals surface area contributed by atoms with Gasteiger partial charge in [0.1, 0.15) is 5.92 Å². The maximum atomic E-state index is 12.9. The largest absolute Gasteiger partial charge is 0.458 e. The molecule has 196 valence electrons. The SMILES string of the molecule is CCCCCCCCO/[N+]([O-])=C(\C(=O)OCC)[C@@H]1CC(=O)O[C@H]1O[C@@H]1C[C@H](C)CC[C@H]1C(C)C. The zero-order valence-electron chi connectivity index (χ0n) is 21.8. The molecular formula is C26H45NO7. The summed E-state index contributed by atoms with van der Waals surface area (Å²) in [5, 5.41) is 12.9. The maximum absolute atomic E-state index is 12.9. The van der Waals surface area contributed by atoms with Crippen LogP contribution in [0.2, 0.25) is 0 Å². The van der Waals surface area contributed by atoms with E-state index in [2.05, 4.69) is 27.7 Å². The number of cyclic esters (lactones) is 1. The van der Waals surface area contributed by atoms with Crippen LogP contribution in [0, 0.1) is 28.9 Å². The molecule has 2 rings (SSSR count). The van der Waals surface area contributed by atoms with Gasteiger partial charge in [-0.2, -0.15) is 0 Å². The summed E-state index contributed by atoms with van der Waals surface area (Å²) in [6, 6.07) is 0. The highest BCUT2D eigenvalue weighted by Gasteiger charge is 2.50. The Morgan fingerprint density at radius 1 is 1.15 bits per heavy atom. The number of ether oxygens (including phenoxy) is 3. The summed E-state index contributed by atoms with van der Waals surface area (Å²) in [6.45, 7) is 10.7. The molecule has 0 unspecified atom stereocenters. The topological polar surface area (TPSA) is 97.1 Å². The van der Waals surface area contributed by atoms with Crippen molar-refractivity contribution in [2.75, 3.05) is 13.2 Å². The van der Waals surface area contributed by atoms with Crippen molar-refractivity contribution in [1.82, 2.24) is 0 Å². The van der Waals surface area contributed by atoms with Crippen molar-refractivity contribution in [3.63, 3.8) is 0 Å². The van der Waals surface area contributed by atoms with Crippen LogP contribution in [0.15, 0.2) is 0 Å². The number of rotatable bonds is 14. The highest BCUT2D eigenvalue weighted by molar-refractivity contribution is 6.35. The van der Waals surface area contributed by atoms with Gasteiger partial charge in [0.05, 0.1) is 25.7 Å². The highest BCUT2D eigenvalue weighted by Crippen LogP contribution is 2.38. The van der Waals surface area contributed by atoms with Gasteiger partial charge in [-0.3, -0.25) is 10.0 Å². The second kappa shape index (κ2) is 14.5. The fourth-order valence-corrected chi connectivity index (χ4v) is 4.99. The third kappa shape index (κ3) is 8.43. The molecule has 0 bridgehead atoms. The second-order valence-corrected chi connectivity index (χ2v) is 10.1. The van der Waals surface area contributed by atoms with E-state index < -0.39 is 24.1 Å². The van der Waals surface area contributed by atoms with Gasteiger partial charge in [-0.05, 0) is 43.9 Å². The van der Waals surface area contributed by atoms with Gasteiger partial charge in [0, 0.05) is 4.90 Å². The molecule has 1 heterocycles. The molecule has 1 aliphatic carbocycles. The van der Waals surface area contributed by atoms with Gasteiger partial charge in [0.2, 0.25) is 6.29 Å². The monoisotopic (exact) mass is 483 g/mol. The Morgan fingerprint density at radius 2 is 1.85 bits per heavy atom. The average Bonchev–Trinajstić information content (AvgIpc) is 3.12. The standard InChI is InChI=1S/C26H45NO7/c1-6-8-9-10-11-12-15-32-27(30)24(25(29)31-7-2)21-17-23(28)34-26(21)33-22-16-19(5)13-14-20(22)18(3)4/h18-22,26H,6-17H2,1-5H3/b27-24-/t19-,20+,21+,22-,26-/m1/s1. The van der Waals surface area contributed by atoms with Crippen molar-refractivity contribution in [1.29, 1.82) is 0 Å². The predicted molar refractivity (Wildman–Crippen MR) is 129 cm³/mol. The first-order chi connectivity index (χ1) is 16.3. The van der Waals surface area contributed by atoms with E-state index in [9.17, 15) is 14.8 Å². The Kier molecular flexibility index (Phi) is 12.2. The van der Waals surface area contributed by atoms with Crippen LogP contribution in [-0.2, 0) is 28.6 Å². The van der Waals surface area contributed by atoms with Crippen LogP contribution in [0.3, 0.4) is 0 Å². The summed E-state index contributed by atoms with van der Waals surface area (Å²) in [4.78, 5) is 30.6. The van der Waals surface area contributed by atoms with Crippen molar-refractivity contribution >= 4 is 17.7 Å². The number of hydrogen-bond donors (Lipinski definition) is 0. The van der Waals surface area contributed by atoms with E-state index in [1.165, 1.54) is 12.8 Å². The second-order valence-electron chi connectivity index (χ2n) is 10.1. The van der Waals surface area contributed by atoms with Crippen molar-refractivity contribution in [2.24, 2.45) is 23.7 Å². The fraction of sp³-hybridized carbons (Fsp3) is 0.885. The quantitative estimate of drug-likeness (QED) is 0.111. The molecule has 0 aromatic rings. The molecule has 2 aliphatic rings. The van der Waals surface area contributed by atoms with Crippen LogP contribution in [0.5, 0.6) is 0 Å². The fourth-order valence-electron chi connectivity index (χ4n) is 4.99. The number of esters is 2. The van der Waals surface area contributed by atoms with Crippen molar-refractivity contribution in [3.05, 3.63) is 5.21 Å². The molecule has 0 amide bonds. The molecule has 0 spiro atoms. The molecule has 1 saturated heterocycles. The summed E-state index contributed by atoms with van der Waals surface area (Å²) in [7, 11) is 0. The lowest BCUT2D eigenvalue weighted by Gasteiger charge is -2.38. The van der Waals surface area contributed by atoms with Gasteiger partial charge in [0.25, 0.3) is 0 Å². The summed E-state index contributed by atoms with van der Waals surface area (Å²) in [5.41, 5.74) is -0.256. The maximum Gasteiger partial charge on any atom is 0.405 e. The van der Waals surface area contributed by atoms with Gasteiger partial charge < -0.3 is 19.0 Å². The first-order valence-corrected chi connectivity index (χ1v) is 13.3. The predicted octanol–water partition coefficient (Wildman–Crippen LogP) is 5.16. The third-order valence-corrected chi connectivity index (χ3v) is 6.97. The van der Waals surface area contributed by atoms with E-state index in [-0.39, 0.29) is 36.4 Å². The summed E-state index contributed by atoms with van der Waals surface area (Å²) in [6.07, 6.45) is 8.10. The number of carbonyl (C=O) groups excluding carboxylic acids is 2. The first kappa shape index (κ1) is 28.4. The third-order valence-electron chi connectivity index (χ3n) is 6.97. The summed E-state index contributed by atoms with van der Waals surface area (Å²) in [5.74, 6) is -0.909. The average molecular weight is 484 g/mol. The molecule has 0 radical (unpaired) electrons. The van der Waals surface area contributed by atoms with E-state index in [4.69, 9.17) is 19.0 Å². The summed E-state index contributed by atoms with van der Waals surface area (Å²) < 4.78 is 16.9. The number of unbranched alkanes of at least 4 members (excludes halogenated alkanes) is 5. The van der Waals surface area contributed by atoms with E-state index in [0.29, 0.717) is 24.2 Å². The molecule has 8 nitrogen and oxygen atoms in total. The van der Waals surface area contributed by atoms with E-state index in [0.717, 1.165) is 38.5 Å². The van der Waals surface area contributed by atoms with Crippen LogP contribution in [0.4, 0.5) is 0 Å². The Balaban J connectivity index is 2.13. The molecule has 8 heteroatoms. The van der Waals surface area contributed by atoms with E-state index in [1.807, 2.05) is 0 Å². The zero-order valence-corrected chi connectivity index (χ0v) is 21.8. The Labute approximate surface area is 204 Å². The molecule has 0 aromatic heterocycles. The van der Waals surface area contributed by atoms with Gasteiger partial charge in [-0.25, -0.2) is 4.79 Å². The molecule has 0 N–H and O–H groups in total. The minimum atomic E-state index is -1.00. The molecule has 5 atom stereocenters. The highest BCUT2D eigenvalue weighted by atomic mass is 16.9. The number of nitrogens with zero attached hydrogens (tertiary/aromatic N) is 1. The van der Waals surface area contributed by atoms with Crippen LogP contribution in [0.25, 0.3) is 0 Å². The van der Waals surface area contributed by atoms with E-state index >= 15 is 0 Å². The molecule has 34 heavy (non-hydrogen) atoms. The molecule has 0 aromatic carbocycles. The van der Waals surface area contributed by atoms with Gasteiger partial charge in [-0.15, -0.1) is 0 Å². The normalized spacial score (nSPS) is 27.9. The first-order valence-electron chi connectivity index (χ1n) is 13.3. The Bertz CT molecular complexity index is 678. The minimum absolute atomic E-state index is 0.102. The van der Waals surface area contributed by atoms with Crippen LogP contribution >= 0.6 is 0 Å². The van der Waals surface area contributed by atoms with Gasteiger partial charge in [-0.1, -0.05) is 66.2 Å². The lowest BCUT2D eigenvalue weighted by molar-refractivity contribution is -0.742. The van der Waals surface area contributed by atoms with Crippen molar-refractivity contribution in [2.45, 2.75) is 111 Å². The smallest absolute Gasteiger partial charge is 0.405 e. The number of hydrogen-bond acceptors (Lipinski definition) is 7. The van der Waals surface area contributed by atoms with Gasteiger partial charge in [0.15, 0.2) is 0 Å². The van der Waals surface area contributed by atoms with E-state index in [1.54, 1.807) is 6.92 Å². The molecular weight excluding hydrogens is 438 g/mol.